The molecular weight excluding hydrogens is 316 g/mol. The third-order valence-electron chi connectivity index (χ3n) is 4.42. The summed E-state index contributed by atoms with van der Waals surface area (Å²) in [6.45, 7) is 5.70. The summed E-state index contributed by atoms with van der Waals surface area (Å²) in [6.07, 6.45) is 1.77. The number of benzene rings is 1. The van der Waals surface area contributed by atoms with Gasteiger partial charge in [-0.25, -0.2) is 0 Å². The van der Waals surface area contributed by atoms with Crippen molar-refractivity contribution in [3.63, 3.8) is 0 Å². The van der Waals surface area contributed by atoms with Gasteiger partial charge in [-0.05, 0) is 24.8 Å². The van der Waals surface area contributed by atoms with Gasteiger partial charge in [0.1, 0.15) is 0 Å². The first-order chi connectivity index (χ1) is 10.1. The lowest BCUT2D eigenvalue weighted by Crippen LogP contribution is -2.59. The highest BCUT2D eigenvalue weighted by Gasteiger charge is 2.39. The van der Waals surface area contributed by atoms with Gasteiger partial charge in [-0.1, -0.05) is 43.7 Å². The lowest BCUT2D eigenvalue weighted by atomic mass is 9.79. The van der Waals surface area contributed by atoms with Crippen molar-refractivity contribution in [1.29, 1.82) is 0 Å². The lowest BCUT2D eigenvalue weighted by molar-refractivity contribution is -0.138. The molecule has 0 saturated carbocycles. The third kappa shape index (κ3) is 4.64. The summed E-state index contributed by atoms with van der Waals surface area (Å²) in [5, 5.41) is 0. The second-order valence-corrected chi connectivity index (χ2v) is 7.21. The van der Waals surface area contributed by atoms with Crippen LogP contribution in [0.1, 0.15) is 25.8 Å². The van der Waals surface area contributed by atoms with Crippen LogP contribution in [0.4, 0.5) is 0 Å². The van der Waals surface area contributed by atoms with Crippen molar-refractivity contribution in [2.75, 3.05) is 24.6 Å². The molecule has 1 aromatic rings. The number of hydrogen-bond donors (Lipinski definition) is 1. The molecule has 1 amide bonds. The highest BCUT2D eigenvalue weighted by atomic mass is 35.5. The van der Waals surface area contributed by atoms with Crippen molar-refractivity contribution >= 4 is 30.1 Å². The lowest BCUT2D eigenvalue weighted by Gasteiger charge is -2.38. The SMILES string of the molecule is CC[C@H](Cc1ccccc1)C(C)(N)C(=O)N1CCSCC1.Cl. The molecule has 0 aliphatic carbocycles. The molecule has 1 saturated heterocycles. The van der Waals surface area contributed by atoms with Crippen LogP contribution >= 0.6 is 24.2 Å². The Balaban J connectivity index is 0.00000242. The second kappa shape index (κ2) is 8.80. The molecule has 0 radical (unpaired) electrons. The van der Waals surface area contributed by atoms with Crippen LogP contribution in [0.25, 0.3) is 0 Å². The summed E-state index contributed by atoms with van der Waals surface area (Å²) in [5.74, 6) is 2.33. The third-order valence-corrected chi connectivity index (χ3v) is 5.37. The largest absolute Gasteiger partial charge is 0.339 e. The molecule has 3 nitrogen and oxygen atoms in total. The molecule has 1 aliphatic rings. The van der Waals surface area contributed by atoms with Crippen LogP contribution in [0, 0.1) is 5.92 Å². The number of thioether (sulfide) groups is 1. The smallest absolute Gasteiger partial charge is 0.242 e. The fourth-order valence-electron chi connectivity index (χ4n) is 2.96. The second-order valence-electron chi connectivity index (χ2n) is 5.98. The molecule has 1 aliphatic heterocycles. The van der Waals surface area contributed by atoms with Gasteiger partial charge in [0.25, 0.3) is 0 Å². The molecule has 1 fully saturated rings. The molecule has 0 spiro atoms. The molecule has 22 heavy (non-hydrogen) atoms. The van der Waals surface area contributed by atoms with E-state index in [0.717, 1.165) is 37.4 Å². The summed E-state index contributed by atoms with van der Waals surface area (Å²) in [5.41, 5.74) is 6.96. The van der Waals surface area contributed by atoms with Crippen molar-refractivity contribution in [3.8, 4) is 0 Å². The van der Waals surface area contributed by atoms with Gasteiger partial charge < -0.3 is 10.6 Å². The van der Waals surface area contributed by atoms with Gasteiger partial charge in [-0.2, -0.15) is 11.8 Å². The molecule has 1 unspecified atom stereocenters. The first kappa shape index (κ1) is 19.3. The van der Waals surface area contributed by atoms with E-state index in [2.05, 4.69) is 19.1 Å². The Morgan fingerprint density at radius 2 is 1.91 bits per heavy atom. The van der Waals surface area contributed by atoms with Crippen LogP contribution in [0.5, 0.6) is 0 Å². The van der Waals surface area contributed by atoms with Crippen LogP contribution < -0.4 is 5.73 Å². The maximum Gasteiger partial charge on any atom is 0.242 e. The molecule has 5 heteroatoms. The zero-order valence-corrected chi connectivity index (χ0v) is 15.1. The van der Waals surface area contributed by atoms with E-state index in [4.69, 9.17) is 5.73 Å². The highest BCUT2D eigenvalue weighted by molar-refractivity contribution is 7.99. The number of amides is 1. The zero-order valence-electron chi connectivity index (χ0n) is 13.5. The molecule has 0 bridgehead atoms. The molecule has 0 aromatic heterocycles. The number of carbonyl (C=O) groups excluding carboxylic acids is 1. The van der Waals surface area contributed by atoms with Crippen molar-refractivity contribution < 1.29 is 4.79 Å². The fraction of sp³-hybridized carbons (Fsp3) is 0.588. The van der Waals surface area contributed by atoms with Gasteiger partial charge in [0.2, 0.25) is 5.91 Å². The Kier molecular flexibility index (Phi) is 7.74. The minimum atomic E-state index is -0.785. The van der Waals surface area contributed by atoms with Crippen LogP contribution in [0.2, 0.25) is 0 Å². The predicted octanol–water partition coefficient (Wildman–Crippen LogP) is 2.97. The van der Waals surface area contributed by atoms with E-state index in [1.165, 1.54) is 5.56 Å². The van der Waals surface area contributed by atoms with Crippen molar-refractivity contribution in [2.24, 2.45) is 11.7 Å². The molecule has 2 atom stereocenters. The van der Waals surface area contributed by atoms with E-state index < -0.39 is 5.54 Å². The minimum absolute atomic E-state index is 0. The predicted molar refractivity (Wildman–Crippen MR) is 97.7 cm³/mol. The standard InChI is InChI=1S/C17H26N2OS.ClH/c1-3-15(13-14-7-5-4-6-8-14)17(2,18)16(20)19-9-11-21-12-10-19;/h4-8,15H,3,9-13,18H2,1-2H3;1H/t15-,17?;/m1./s1. The van der Waals surface area contributed by atoms with E-state index in [-0.39, 0.29) is 24.2 Å². The molecule has 2 N–H and O–H groups in total. The quantitative estimate of drug-likeness (QED) is 0.894. The van der Waals surface area contributed by atoms with Crippen molar-refractivity contribution in [3.05, 3.63) is 35.9 Å². The number of rotatable bonds is 5. The normalized spacial score (nSPS) is 19.0. The van der Waals surface area contributed by atoms with Gasteiger partial charge >= 0.3 is 0 Å². The van der Waals surface area contributed by atoms with Gasteiger partial charge in [0, 0.05) is 24.6 Å². The Morgan fingerprint density at radius 1 is 1.32 bits per heavy atom. The number of nitrogens with zero attached hydrogens (tertiary/aromatic N) is 1. The van der Waals surface area contributed by atoms with Gasteiger partial charge in [0.05, 0.1) is 5.54 Å². The Morgan fingerprint density at radius 3 is 2.45 bits per heavy atom. The molecule has 1 heterocycles. The van der Waals surface area contributed by atoms with Crippen LogP contribution in [0.15, 0.2) is 30.3 Å². The number of nitrogens with two attached hydrogens (primary N) is 1. The maximum absolute atomic E-state index is 12.8. The summed E-state index contributed by atoms with van der Waals surface area (Å²) >= 11 is 1.91. The first-order valence-electron chi connectivity index (χ1n) is 7.75. The average molecular weight is 343 g/mol. The highest BCUT2D eigenvalue weighted by Crippen LogP contribution is 2.26. The van der Waals surface area contributed by atoms with Crippen LogP contribution in [-0.4, -0.2) is 40.9 Å². The van der Waals surface area contributed by atoms with Gasteiger partial charge in [-0.3, -0.25) is 4.79 Å². The minimum Gasteiger partial charge on any atom is -0.339 e. The Hall–Kier alpha value is -0.710. The summed E-state index contributed by atoms with van der Waals surface area (Å²) in [7, 11) is 0. The number of halogens is 1. The maximum atomic E-state index is 12.8. The van der Waals surface area contributed by atoms with E-state index in [1.807, 2.05) is 41.8 Å². The Bertz CT molecular complexity index is 461. The average Bonchev–Trinajstić information content (AvgIpc) is 2.53. The topological polar surface area (TPSA) is 46.3 Å². The first-order valence-corrected chi connectivity index (χ1v) is 8.91. The summed E-state index contributed by atoms with van der Waals surface area (Å²) < 4.78 is 0. The Labute approximate surface area is 144 Å². The molecular formula is C17H27ClN2OS. The molecule has 124 valence electrons. The van der Waals surface area contributed by atoms with Crippen molar-refractivity contribution in [1.82, 2.24) is 4.90 Å². The zero-order chi connectivity index (χ0) is 15.3. The monoisotopic (exact) mass is 342 g/mol. The van der Waals surface area contributed by atoms with Gasteiger partial charge in [0.15, 0.2) is 0 Å². The summed E-state index contributed by atoms with van der Waals surface area (Å²) in [4.78, 5) is 14.8. The van der Waals surface area contributed by atoms with E-state index in [0.29, 0.717) is 0 Å². The molecule has 1 aromatic carbocycles. The van der Waals surface area contributed by atoms with E-state index in [1.54, 1.807) is 0 Å². The number of hydrogen-bond acceptors (Lipinski definition) is 3. The van der Waals surface area contributed by atoms with Crippen molar-refractivity contribution in [2.45, 2.75) is 32.2 Å². The van der Waals surface area contributed by atoms with E-state index >= 15 is 0 Å². The number of carbonyl (C=O) groups is 1. The summed E-state index contributed by atoms with van der Waals surface area (Å²) in [6, 6.07) is 10.3. The molecule has 2 rings (SSSR count). The van der Waals surface area contributed by atoms with E-state index in [9.17, 15) is 4.79 Å². The van der Waals surface area contributed by atoms with Gasteiger partial charge in [-0.15, -0.1) is 12.4 Å². The van der Waals surface area contributed by atoms with Crippen LogP contribution in [-0.2, 0) is 11.2 Å². The fourth-order valence-corrected chi connectivity index (χ4v) is 3.86. The van der Waals surface area contributed by atoms with Crippen LogP contribution in [0.3, 0.4) is 0 Å².